The van der Waals surface area contributed by atoms with Crippen LogP contribution >= 0.6 is 0 Å². The van der Waals surface area contributed by atoms with Gasteiger partial charge in [-0.15, -0.1) is 5.10 Å². The maximum atomic E-state index is 12.5. The van der Waals surface area contributed by atoms with Crippen LogP contribution in [0.15, 0.2) is 24.3 Å². The lowest BCUT2D eigenvalue weighted by Gasteiger charge is -2.22. The molecule has 1 saturated heterocycles. The van der Waals surface area contributed by atoms with Gasteiger partial charge in [-0.25, -0.2) is 9.67 Å². The van der Waals surface area contributed by atoms with Crippen molar-refractivity contribution >= 4 is 5.91 Å². The van der Waals surface area contributed by atoms with E-state index in [0.717, 1.165) is 31.0 Å². The number of aromatic nitrogens is 3. The predicted molar refractivity (Wildman–Crippen MR) is 103 cm³/mol. The molecule has 1 aromatic carbocycles. The van der Waals surface area contributed by atoms with Gasteiger partial charge in [-0.2, -0.15) is 0 Å². The van der Waals surface area contributed by atoms with Gasteiger partial charge in [0.2, 0.25) is 5.82 Å². The number of likely N-dealkylation sites (N-methyl/N-ethyl adjacent to an activating group) is 1. The lowest BCUT2D eigenvalue weighted by atomic mass is 10.0. The molecule has 1 N–H and O–H groups in total. The molecule has 1 atom stereocenters. The Bertz CT molecular complexity index is 767. The summed E-state index contributed by atoms with van der Waals surface area (Å²) in [7, 11) is 0. The van der Waals surface area contributed by atoms with Crippen molar-refractivity contribution in [2.45, 2.75) is 52.5 Å². The van der Waals surface area contributed by atoms with Gasteiger partial charge in [0.25, 0.3) is 5.91 Å². The fourth-order valence-corrected chi connectivity index (χ4v) is 3.72. The van der Waals surface area contributed by atoms with Crippen molar-refractivity contribution in [1.29, 1.82) is 0 Å². The maximum absolute atomic E-state index is 12.5. The van der Waals surface area contributed by atoms with E-state index in [0.29, 0.717) is 18.5 Å². The number of carbonyl (C=O) groups is 1. The Morgan fingerprint density at radius 3 is 2.85 bits per heavy atom. The predicted octanol–water partition coefficient (Wildman–Crippen LogP) is 2.91. The summed E-state index contributed by atoms with van der Waals surface area (Å²) >= 11 is 0. The monoisotopic (exact) mass is 355 g/mol. The van der Waals surface area contributed by atoms with E-state index in [9.17, 15) is 4.79 Å². The Labute approximate surface area is 155 Å². The molecule has 2 aromatic rings. The Balaban J connectivity index is 1.75. The van der Waals surface area contributed by atoms with Crippen molar-refractivity contribution in [3.05, 3.63) is 41.5 Å². The van der Waals surface area contributed by atoms with E-state index in [1.165, 1.54) is 12.0 Å². The van der Waals surface area contributed by atoms with Crippen LogP contribution in [0.1, 0.15) is 61.5 Å². The molecule has 3 rings (SSSR count). The molecule has 1 unspecified atom stereocenters. The summed E-state index contributed by atoms with van der Waals surface area (Å²) in [5, 5.41) is 7.50. The van der Waals surface area contributed by atoms with Crippen molar-refractivity contribution in [2.75, 3.05) is 19.6 Å². The van der Waals surface area contributed by atoms with E-state index in [1.807, 2.05) is 25.1 Å². The lowest BCUT2D eigenvalue weighted by Crippen LogP contribution is -2.40. The van der Waals surface area contributed by atoms with Gasteiger partial charge < -0.3 is 5.32 Å². The van der Waals surface area contributed by atoms with E-state index < -0.39 is 0 Å². The number of para-hydroxylation sites is 1. The zero-order chi connectivity index (χ0) is 18.7. The van der Waals surface area contributed by atoms with Gasteiger partial charge in [0, 0.05) is 12.6 Å². The first-order valence-corrected chi connectivity index (χ1v) is 9.56. The molecule has 6 heteroatoms. The number of hydrogen-bond acceptors (Lipinski definition) is 4. The summed E-state index contributed by atoms with van der Waals surface area (Å²) in [6.45, 7) is 11.2. The molecule has 0 aliphatic carbocycles. The molecule has 1 aliphatic heterocycles. The number of nitrogens with one attached hydrogen (secondary N) is 1. The van der Waals surface area contributed by atoms with Gasteiger partial charge in [-0.1, -0.05) is 39.0 Å². The van der Waals surface area contributed by atoms with Crippen LogP contribution in [0.4, 0.5) is 0 Å². The molecule has 26 heavy (non-hydrogen) atoms. The number of nitrogens with zero attached hydrogens (tertiary/aromatic N) is 4. The summed E-state index contributed by atoms with van der Waals surface area (Å²) in [5.41, 5.74) is 2.18. The van der Waals surface area contributed by atoms with E-state index in [1.54, 1.807) is 4.68 Å². The Hall–Kier alpha value is -2.21. The van der Waals surface area contributed by atoms with E-state index in [-0.39, 0.29) is 11.7 Å². The average molecular weight is 355 g/mol. The summed E-state index contributed by atoms with van der Waals surface area (Å²) in [6, 6.07) is 8.56. The molecule has 0 spiro atoms. The summed E-state index contributed by atoms with van der Waals surface area (Å²) < 4.78 is 1.78. The Morgan fingerprint density at radius 1 is 1.35 bits per heavy atom. The third-order valence-electron chi connectivity index (χ3n) is 5.16. The summed E-state index contributed by atoms with van der Waals surface area (Å²) in [5.74, 6) is 1.13. The molecule has 0 saturated carbocycles. The third-order valence-corrected chi connectivity index (χ3v) is 5.16. The van der Waals surface area contributed by atoms with Crippen LogP contribution in [-0.4, -0.2) is 51.2 Å². The van der Waals surface area contributed by atoms with Crippen LogP contribution in [-0.2, 0) is 0 Å². The SMILES string of the molecule is CCN1CCCC1CNC(=O)c1nc(C)n(-c2ccccc2C(C)C)n1. The van der Waals surface area contributed by atoms with Gasteiger partial charge in [0.1, 0.15) is 5.82 Å². The fraction of sp³-hybridized carbons (Fsp3) is 0.550. The van der Waals surface area contributed by atoms with E-state index >= 15 is 0 Å². The number of amides is 1. The van der Waals surface area contributed by atoms with Gasteiger partial charge in [-0.05, 0) is 50.4 Å². The highest BCUT2D eigenvalue weighted by molar-refractivity contribution is 5.90. The van der Waals surface area contributed by atoms with Crippen LogP contribution < -0.4 is 5.32 Å². The third kappa shape index (κ3) is 3.80. The van der Waals surface area contributed by atoms with E-state index in [2.05, 4.69) is 47.1 Å². The molecule has 1 amide bonds. The summed E-state index contributed by atoms with van der Waals surface area (Å²) in [4.78, 5) is 19.4. The second-order valence-electron chi connectivity index (χ2n) is 7.24. The van der Waals surface area contributed by atoms with Crippen LogP contribution in [0.5, 0.6) is 0 Å². The molecule has 140 valence electrons. The molecular formula is C20H29N5O. The van der Waals surface area contributed by atoms with Crippen LogP contribution in [0.25, 0.3) is 5.69 Å². The van der Waals surface area contributed by atoms with Gasteiger partial charge >= 0.3 is 0 Å². The Kier molecular flexibility index (Phi) is 5.71. The maximum Gasteiger partial charge on any atom is 0.291 e. The Morgan fingerprint density at radius 2 is 2.12 bits per heavy atom. The molecular weight excluding hydrogens is 326 g/mol. The van der Waals surface area contributed by atoms with Gasteiger partial charge in [0.05, 0.1) is 5.69 Å². The molecule has 1 aliphatic rings. The standard InChI is InChI=1S/C20H29N5O/c1-5-24-12-8-9-16(24)13-21-20(26)19-22-15(4)25(23-19)18-11-7-6-10-17(18)14(2)3/h6-7,10-11,14,16H,5,8-9,12-13H2,1-4H3,(H,21,26). The van der Waals surface area contributed by atoms with Crippen LogP contribution in [0.3, 0.4) is 0 Å². The van der Waals surface area contributed by atoms with Gasteiger partial charge in [0.15, 0.2) is 0 Å². The minimum absolute atomic E-state index is 0.197. The van der Waals surface area contributed by atoms with Crippen molar-refractivity contribution in [3.63, 3.8) is 0 Å². The van der Waals surface area contributed by atoms with Crippen LogP contribution in [0, 0.1) is 6.92 Å². The van der Waals surface area contributed by atoms with Gasteiger partial charge in [-0.3, -0.25) is 9.69 Å². The number of benzene rings is 1. The first kappa shape index (κ1) is 18.6. The first-order valence-electron chi connectivity index (χ1n) is 9.56. The number of hydrogen-bond donors (Lipinski definition) is 1. The zero-order valence-electron chi connectivity index (χ0n) is 16.2. The minimum atomic E-state index is -0.197. The fourth-order valence-electron chi connectivity index (χ4n) is 3.72. The largest absolute Gasteiger partial charge is 0.348 e. The van der Waals surface area contributed by atoms with Crippen molar-refractivity contribution in [1.82, 2.24) is 25.0 Å². The lowest BCUT2D eigenvalue weighted by molar-refractivity contribution is 0.0931. The molecule has 1 aromatic heterocycles. The first-order chi connectivity index (χ1) is 12.5. The molecule has 6 nitrogen and oxygen atoms in total. The second-order valence-corrected chi connectivity index (χ2v) is 7.24. The second kappa shape index (κ2) is 7.99. The quantitative estimate of drug-likeness (QED) is 0.865. The molecule has 2 heterocycles. The minimum Gasteiger partial charge on any atom is -0.348 e. The highest BCUT2D eigenvalue weighted by Gasteiger charge is 2.24. The molecule has 1 fully saturated rings. The smallest absolute Gasteiger partial charge is 0.291 e. The zero-order valence-corrected chi connectivity index (χ0v) is 16.2. The van der Waals surface area contributed by atoms with E-state index in [4.69, 9.17) is 0 Å². The normalized spacial score (nSPS) is 17.8. The highest BCUT2D eigenvalue weighted by Crippen LogP contribution is 2.23. The topological polar surface area (TPSA) is 63.1 Å². The van der Waals surface area contributed by atoms with Crippen molar-refractivity contribution in [2.24, 2.45) is 0 Å². The highest BCUT2D eigenvalue weighted by atomic mass is 16.2. The molecule has 0 bridgehead atoms. The van der Waals surface area contributed by atoms with Crippen LogP contribution in [0.2, 0.25) is 0 Å². The number of carbonyl (C=O) groups excluding carboxylic acids is 1. The van der Waals surface area contributed by atoms with Crippen molar-refractivity contribution in [3.8, 4) is 5.69 Å². The van der Waals surface area contributed by atoms with Crippen molar-refractivity contribution < 1.29 is 4.79 Å². The summed E-state index contributed by atoms with van der Waals surface area (Å²) in [6.07, 6.45) is 2.34. The number of rotatable bonds is 6. The average Bonchev–Trinajstić information content (AvgIpc) is 3.25. The molecule has 0 radical (unpaired) electrons. The number of aryl methyl sites for hydroxylation is 1. The number of likely N-dealkylation sites (tertiary alicyclic amines) is 1.